The van der Waals surface area contributed by atoms with Gasteiger partial charge in [-0.3, -0.25) is 4.40 Å². The SMILES string of the molecule is NCc1cccn2c(CCCO)nnc12. The Kier molecular flexibility index (Phi) is 2.94. The minimum Gasteiger partial charge on any atom is -0.396 e. The Morgan fingerprint density at radius 1 is 1.40 bits per heavy atom. The fourth-order valence-electron chi connectivity index (χ4n) is 1.59. The molecule has 2 aromatic rings. The lowest BCUT2D eigenvalue weighted by Crippen LogP contribution is -2.01. The number of pyridine rings is 1. The third-order valence-electron chi connectivity index (χ3n) is 2.36. The van der Waals surface area contributed by atoms with Crippen molar-refractivity contribution in [3.8, 4) is 0 Å². The van der Waals surface area contributed by atoms with Gasteiger partial charge in [-0.1, -0.05) is 6.07 Å². The lowest BCUT2D eigenvalue weighted by Gasteiger charge is -2.01. The summed E-state index contributed by atoms with van der Waals surface area (Å²) in [5.41, 5.74) is 7.40. The van der Waals surface area contributed by atoms with E-state index >= 15 is 0 Å². The fourth-order valence-corrected chi connectivity index (χ4v) is 1.59. The van der Waals surface area contributed by atoms with Gasteiger partial charge in [0, 0.05) is 31.3 Å². The van der Waals surface area contributed by atoms with Gasteiger partial charge in [-0.2, -0.15) is 0 Å². The first kappa shape index (κ1) is 10.1. The first-order chi connectivity index (χ1) is 7.36. The molecule has 0 spiro atoms. The molecule has 0 atom stereocenters. The van der Waals surface area contributed by atoms with Gasteiger partial charge in [-0.15, -0.1) is 10.2 Å². The fraction of sp³-hybridized carbons (Fsp3) is 0.400. The molecule has 5 heteroatoms. The third kappa shape index (κ3) is 1.84. The van der Waals surface area contributed by atoms with E-state index in [9.17, 15) is 0 Å². The van der Waals surface area contributed by atoms with Gasteiger partial charge in [-0.25, -0.2) is 0 Å². The van der Waals surface area contributed by atoms with E-state index in [1.54, 1.807) is 0 Å². The summed E-state index contributed by atoms with van der Waals surface area (Å²) in [6.45, 7) is 0.633. The molecule has 0 aliphatic rings. The van der Waals surface area contributed by atoms with Crippen LogP contribution in [0.4, 0.5) is 0 Å². The molecule has 0 unspecified atom stereocenters. The zero-order valence-corrected chi connectivity index (χ0v) is 8.43. The van der Waals surface area contributed by atoms with E-state index in [0.29, 0.717) is 13.0 Å². The molecule has 15 heavy (non-hydrogen) atoms. The molecule has 5 nitrogen and oxygen atoms in total. The summed E-state index contributed by atoms with van der Waals surface area (Å²) < 4.78 is 1.93. The number of nitrogens with zero attached hydrogens (tertiary/aromatic N) is 3. The Bertz CT molecular complexity index is 452. The minimum absolute atomic E-state index is 0.172. The van der Waals surface area contributed by atoms with E-state index < -0.39 is 0 Å². The summed E-state index contributed by atoms with van der Waals surface area (Å²) in [6.07, 6.45) is 3.35. The second-order valence-corrected chi connectivity index (χ2v) is 3.37. The molecule has 0 amide bonds. The van der Waals surface area contributed by atoms with Crippen LogP contribution >= 0.6 is 0 Å². The van der Waals surface area contributed by atoms with Crippen molar-refractivity contribution >= 4 is 5.65 Å². The van der Waals surface area contributed by atoms with Crippen molar-refractivity contribution in [3.63, 3.8) is 0 Å². The van der Waals surface area contributed by atoms with Crippen LogP contribution in [-0.2, 0) is 13.0 Å². The molecule has 0 saturated carbocycles. The van der Waals surface area contributed by atoms with E-state index in [2.05, 4.69) is 10.2 Å². The van der Waals surface area contributed by atoms with Gasteiger partial charge < -0.3 is 10.8 Å². The van der Waals surface area contributed by atoms with Crippen LogP contribution in [0.2, 0.25) is 0 Å². The summed E-state index contributed by atoms with van der Waals surface area (Å²) in [4.78, 5) is 0. The molecule has 80 valence electrons. The first-order valence-electron chi connectivity index (χ1n) is 4.99. The number of aromatic nitrogens is 3. The number of fused-ring (bicyclic) bond motifs is 1. The number of aliphatic hydroxyl groups is 1. The number of hydrogen-bond acceptors (Lipinski definition) is 4. The second kappa shape index (κ2) is 4.37. The molecule has 0 bridgehead atoms. The summed E-state index contributed by atoms with van der Waals surface area (Å²) in [5.74, 6) is 0.870. The molecule has 0 aromatic carbocycles. The average molecular weight is 206 g/mol. The van der Waals surface area contributed by atoms with Crippen molar-refractivity contribution < 1.29 is 5.11 Å². The largest absolute Gasteiger partial charge is 0.396 e. The molecule has 2 heterocycles. The molecule has 0 aliphatic heterocycles. The van der Waals surface area contributed by atoms with Crippen LogP contribution < -0.4 is 5.73 Å². The lowest BCUT2D eigenvalue weighted by atomic mass is 10.2. The zero-order valence-electron chi connectivity index (χ0n) is 8.43. The van der Waals surface area contributed by atoms with Gasteiger partial charge in [0.25, 0.3) is 0 Å². The second-order valence-electron chi connectivity index (χ2n) is 3.37. The van der Waals surface area contributed by atoms with Gasteiger partial charge in [0.05, 0.1) is 0 Å². The van der Waals surface area contributed by atoms with E-state index in [-0.39, 0.29) is 6.61 Å². The molecule has 0 saturated heterocycles. The van der Waals surface area contributed by atoms with E-state index in [1.807, 2.05) is 22.7 Å². The highest BCUT2D eigenvalue weighted by atomic mass is 16.2. The van der Waals surface area contributed by atoms with Crippen LogP contribution in [0.3, 0.4) is 0 Å². The van der Waals surface area contributed by atoms with Gasteiger partial charge in [0.15, 0.2) is 5.65 Å². The number of rotatable bonds is 4. The Balaban J connectivity index is 2.42. The highest BCUT2D eigenvalue weighted by molar-refractivity contribution is 5.47. The predicted molar refractivity (Wildman–Crippen MR) is 56.3 cm³/mol. The molecule has 0 fully saturated rings. The smallest absolute Gasteiger partial charge is 0.165 e. The van der Waals surface area contributed by atoms with Gasteiger partial charge in [-0.05, 0) is 12.5 Å². The van der Waals surface area contributed by atoms with Gasteiger partial charge >= 0.3 is 0 Å². The van der Waals surface area contributed by atoms with Crippen LogP contribution in [0.15, 0.2) is 18.3 Å². The predicted octanol–water partition coefficient (Wildman–Crippen LogP) is 0.113. The highest BCUT2D eigenvalue weighted by Gasteiger charge is 2.07. The van der Waals surface area contributed by atoms with Crippen molar-refractivity contribution in [2.75, 3.05) is 6.61 Å². The van der Waals surface area contributed by atoms with Gasteiger partial charge in [0.2, 0.25) is 0 Å². The first-order valence-corrected chi connectivity index (χ1v) is 4.99. The number of nitrogens with two attached hydrogens (primary N) is 1. The van der Waals surface area contributed by atoms with Crippen molar-refractivity contribution in [1.29, 1.82) is 0 Å². The minimum atomic E-state index is 0.172. The molecular formula is C10H14N4O. The van der Waals surface area contributed by atoms with Crippen LogP contribution in [0.1, 0.15) is 17.8 Å². The molecule has 2 aromatic heterocycles. The lowest BCUT2D eigenvalue weighted by molar-refractivity contribution is 0.287. The maximum absolute atomic E-state index is 8.76. The van der Waals surface area contributed by atoms with E-state index in [4.69, 9.17) is 10.8 Å². The van der Waals surface area contributed by atoms with Crippen LogP contribution in [0, 0.1) is 0 Å². The van der Waals surface area contributed by atoms with Crippen molar-refractivity contribution in [1.82, 2.24) is 14.6 Å². The number of aliphatic hydroxyl groups excluding tert-OH is 1. The summed E-state index contributed by atoms with van der Waals surface area (Å²) in [5, 5.41) is 16.9. The average Bonchev–Trinajstić information content (AvgIpc) is 2.69. The number of aryl methyl sites for hydroxylation is 1. The summed E-state index contributed by atoms with van der Waals surface area (Å²) >= 11 is 0. The van der Waals surface area contributed by atoms with Crippen LogP contribution in [0.5, 0.6) is 0 Å². The third-order valence-corrected chi connectivity index (χ3v) is 2.36. The molecule has 0 radical (unpaired) electrons. The maximum Gasteiger partial charge on any atom is 0.165 e. The van der Waals surface area contributed by atoms with Crippen molar-refractivity contribution in [2.45, 2.75) is 19.4 Å². The highest BCUT2D eigenvalue weighted by Crippen LogP contribution is 2.10. The Labute approximate surface area is 87.6 Å². The zero-order chi connectivity index (χ0) is 10.7. The topological polar surface area (TPSA) is 76.4 Å². The molecule has 0 aliphatic carbocycles. The molecule has 3 N–H and O–H groups in total. The Morgan fingerprint density at radius 2 is 2.27 bits per heavy atom. The van der Waals surface area contributed by atoms with Crippen LogP contribution in [-0.4, -0.2) is 26.3 Å². The quantitative estimate of drug-likeness (QED) is 0.744. The van der Waals surface area contributed by atoms with Crippen LogP contribution in [0.25, 0.3) is 5.65 Å². The maximum atomic E-state index is 8.76. The van der Waals surface area contributed by atoms with Crippen molar-refractivity contribution in [2.24, 2.45) is 5.73 Å². The number of hydrogen-bond donors (Lipinski definition) is 2. The summed E-state index contributed by atoms with van der Waals surface area (Å²) in [6, 6.07) is 3.88. The van der Waals surface area contributed by atoms with Crippen molar-refractivity contribution in [3.05, 3.63) is 29.7 Å². The summed E-state index contributed by atoms with van der Waals surface area (Å²) in [7, 11) is 0. The molecular weight excluding hydrogens is 192 g/mol. The Morgan fingerprint density at radius 3 is 3.00 bits per heavy atom. The Hall–Kier alpha value is -1.46. The van der Waals surface area contributed by atoms with E-state index in [0.717, 1.165) is 23.5 Å². The standard InChI is InChI=1S/C10H14N4O/c11-7-8-3-1-5-14-9(4-2-6-15)12-13-10(8)14/h1,3,5,15H,2,4,6-7,11H2. The van der Waals surface area contributed by atoms with Gasteiger partial charge in [0.1, 0.15) is 5.82 Å². The molecule has 2 rings (SSSR count). The van der Waals surface area contributed by atoms with E-state index in [1.165, 1.54) is 0 Å². The monoisotopic (exact) mass is 206 g/mol. The normalized spacial score (nSPS) is 11.1.